The second-order valence-corrected chi connectivity index (χ2v) is 5.16. The highest BCUT2D eigenvalue weighted by molar-refractivity contribution is 5.89. The van der Waals surface area contributed by atoms with E-state index in [4.69, 9.17) is 4.74 Å². The van der Waals surface area contributed by atoms with Crippen LogP contribution in [0.4, 0.5) is 0 Å². The van der Waals surface area contributed by atoms with Crippen LogP contribution in [-0.2, 0) is 16.0 Å². The molecule has 0 saturated carbocycles. The van der Waals surface area contributed by atoms with Gasteiger partial charge in [0.05, 0.1) is 23.9 Å². The summed E-state index contributed by atoms with van der Waals surface area (Å²) < 4.78 is 5.23. The van der Waals surface area contributed by atoms with Crippen LogP contribution in [0.15, 0.2) is 54.8 Å². The van der Waals surface area contributed by atoms with E-state index >= 15 is 0 Å². The number of hydrogen-bond donors (Lipinski definition) is 1. The first-order chi connectivity index (χ1) is 9.75. The molecule has 3 rings (SSSR count). The van der Waals surface area contributed by atoms with E-state index in [2.05, 4.69) is 17.6 Å². The molecule has 20 heavy (non-hydrogen) atoms. The lowest BCUT2D eigenvalue weighted by molar-refractivity contribution is -0.127. The number of carbonyl (C=O) groups is 1. The van der Waals surface area contributed by atoms with Gasteiger partial charge < -0.3 is 4.74 Å². The molecule has 2 heterocycles. The minimum Gasteiger partial charge on any atom is -0.469 e. The smallest absolute Gasteiger partial charge is 0.160 e. The van der Waals surface area contributed by atoms with Crippen LogP contribution < -0.4 is 5.43 Å². The molecular weight excluding hydrogens is 252 g/mol. The van der Waals surface area contributed by atoms with Crippen LogP contribution >= 0.6 is 0 Å². The first-order valence-electron chi connectivity index (χ1n) is 6.91. The monoisotopic (exact) mass is 270 g/mol. The topological polar surface area (TPSA) is 41.6 Å². The van der Waals surface area contributed by atoms with Crippen molar-refractivity contribution in [2.75, 3.05) is 0 Å². The molecule has 2 aliphatic rings. The van der Waals surface area contributed by atoms with Crippen LogP contribution in [0.2, 0.25) is 0 Å². The number of hydrazine groups is 1. The van der Waals surface area contributed by atoms with Gasteiger partial charge in [0.25, 0.3) is 0 Å². The summed E-state index contributed by atoms with van der Waals surface area (Å²) >= 11 is 0. The van der Waals surface area contributed by atoms with Crippen LogP contribution in [0.25, 0.3) is 0 Å². The third kappa shape index (κ3) is 2.47. The van der Waals surface area contributed by atoms with Crippen molar-refractivity contribution in [3.05, 3.63) is 60.3 Å². The molecule has 0 aromatic heterocycles. The Morgan fingerprint density at radius 1 is 1.30 bits per heavy atom. The van der Waals surface area contributed by atoms with E-state index in [1.807, 2.05) is 36.3 Å². The van der Waals surface area contributed by atoms with E-state index in [1.165, 1.54) is 5.56 Å². The molecule has 1 aromatic carbocycles. The number of rotatable bonds is 3. The van der Waals surface area contributed by atoms with Gasteiger partial charge in [0.1, 0.15) is 12.5 Å². The number of Topliss-reactive ketones (excluding diaryl/α,β-unsaturated/α-hetero) is 1. The van der Waals surface area contributed by atoms with Crippen LogP contribution in [0.1, 0.15) is 18.9 Å². The predicted molar refractivity (Wildman–Crippen MR) is 76.0 cm³/mol. The van der Waals surface area contributed by atoms with E-state index in [0.717, 1.165) is 18.5 Å². The lowest BCUT2D eigenvalue weighted by atomic mass is 9.88. The number of fused-ring (bicyclic) bond motifs is 1. The average molecular weight is 270 g/mol. The van der Waals surface area contributed by atoms with Crippen molar-refractivity contribution in [1.29, 1.82) is 0 Å². The Hall–Kier alpha value is -2.07. The lowest BCUT2D eigenvalue weighted by Crippen LogP contribution is -2.54. The number of aryl methyl sites for hydroxylation is 1. The number of hydrogen-bond acceptors (Lipinski definition) is 4. The largest absolute Gasteiger partial charge is 0.469 e. The molecule has 1 aromatic rings. The molecule has 1 fully saturated rings. The fraction of sp³-hybridized carbons (Fsp3) is 0.312. The standard InChI is InChI=1S/C16H18N2O2/c1-12-16(19)14(8-7-13-5-3-2-4-6-13)15-11-20-10-9-18(15)17-12/h2-6,9-12,14,17H,7-8H2,1H3. The Balaban J connectivity index is 1.75. The van der Waals surface area contributed by atoms with Gasteiger partial charge in [-0.15, -0.1) is 0 Å². The molecule has 0 bridgehead atoms. The molecule has 0 amide bonds. The van der Waals surface area contributed by atoms with Gasteiger partial charge in [-0.25, -0.2) is 5.43 Å². The summed E-state index contributed by atoms with van der Waals surface area (Å²) in [4.78, 5) is 12.4. The summed E-state index contributed by atoms with van der Waals surface area (Å²) in [6, 6.07) is 10.1. The first-order valence-corrected chi connectivity index (χ1v) is 6.91. The molecule has 1 saturated heterocycles. The maximum Gasteiger partial charge on any atom is 0.160 e. The van der Waals surface area contributed by atoms with Crippen molar-refractivity contribution >= 4 is 5.78 Å². The highest BCUT2D eigenvalue weighted by Crippen LogP contribution is 2.28. The molecule has 0 radical (unpaired) electrons. The summed E-state index contributed by atoms with van der Waals surface area (Å²) in [5, 5.41) is 1.89. The van der Waals surface area contributed by atoms with E-state index < -0.39 is 0 Å². The number of nitrogens with one attached hydrogen (secondary N) is 1. The minimum absolute atomic E-state index is 0.114. The Labute approximate surface area is 118 Å². The van der Waals surface area contributed by atoms with Gasteiger partial charge in [0.2, 0.25) is 0 Å². The van der Waals surface area contributed by atoms with Gasteiger partial charge in [0.15, 0.2) is 5.78 Å². The molecule has 0 aliphatic carbocycles. The number of carbonyl (C=O) groups excluding carboxylic acids is 1. The van der Waals surface area contributed by atoms with Crippen molar-refractivity contribution in [3.8, 4) is 0 Å². The number of nitrogens with zero attached hydrogens (tertiary/aromatic N) is 1. The molecule has 2 aliphatic heterocycles. The first kappa shape index (κ1) is 12.9. The summed E-state index contributed by atoms with van der Waals surface area (Å²) in [6.07, 6.45) is 6.76. The molecule has 0 spiro atoms. The van der Waals surface area contributed by atoms with Crippen molar-refractivity contribution in [3.63, 3.8) is 0 Å². The lowest BCUT2D eigenvalue weighted by Gasteiger charge is -2.38. The highest BCUT2D eigenvalue weighted by Gasteiger charge is 2.36. The summed E-state index contributed by atoms with van der Waals surface area (Å²) in [7, 11) is 0. The van der Waals surface area contributed by atoms with Crippen molar-refractivity contribution in [2.45, 2.75) is 25.8 Å². The van der Waals surface area contributed by atoms with E-state index in [1.54, 1.807) is 12.5 Å². The zero-order valence-corrected chi connectivity index (χ0v) is 11.5. The van der Waals surface area contributed by atoms with Gasteiger partial charge in [-0.05, 0) is 25.3 Å². The molecular formula is C16H18N2O2. The van der Waals surface area contributed by atoms with Gasteiger partial charge in [-0.1, -0.05) is 30.3 Å². The van der Waals surface area contributed by atoms with Crippen LogP contribution in [0.3, 0.4) is 0 Å². The van der Waals surface area contributed by atoms with E-state index in [0.29, 0.717) is 0 Å². The molecule has 104 valence electrons. The van der Waals surface area contributed by atoms with Crippen LogP contribution in [0, 0.1) is 5.92 Å². The SMILES string of the molecule is CC1NN2C=COC=C2C(CCc2ccccc2)C1=O. The summed E-state index contributed by atoms with van der Waals surface area (Å²) in [6.45, 7) is 1.90. The number of ketones is 1. The minimum atomic E-state index is -0.171. The third-order valence-corrected chi connectivity index (χ3v) is 3.78. The Morgan fingerprint density at radius 3 is 2.90 bits per heavy atom. The highest BCUT2D eigenvalue weighted by atomic mass is 16.5. The summed E-state index contributed by atoms with van der Waals surface area (Å²) in [5.41, 5.74) is 5.30. The average Bonchev–Trinajstić information content (AvgIpc) is 2.49. The molecule has 1 N–H and O–H groups in total. The second kappa shape index (κ2) is 5.51. The number of allylic oxidation sites excluding steroid dienone is 1. The van der Waals surface area contributed by atoms with Crippen molar-refractivity contribution in [2.24, 2.45) is 5.92 Å². The summed E-state index contributed by atoms with van der Waals surface area (Å²) in [5.74, 6) is 0.110. The molecule has 2 atom stereocenters. The molecule has 4 heteroatoms. The fourth-order valence-electron chi connectivity index (χ4n) is 2.68. The van der Waals surface area contributed by atoms with Crippen molar-refractivity contribution in [1.82, 2.24) is 10.4 Å². The van der Waals surface area contributed by atoms with Gasteiger partial charge in [-0.2, -0.15) is 0 Å². The van der Waals surface area contributed by atoms with Crippen LogP contribution in [0.5, 0.6) is 0 Å². The number of benzene rings is 1. The maximum absolute atomic E-state index is 12.4. The molecule has 4 nitrogen and oxygen atoms in total. The van der Waals surface area contributed by atoms with E-state index in [9.17, 15) is 4.79 Å². The zero-order chi connectivity index (χ0) is 13.9. The van der Waals surface area contributed by atoms with Crippen molar-refractivity contribution < 1.29 is 9.53 Å². The Bertz CT molecular complexity index is 551. The molecule has 2 unspecified atom stereocenters. The Morgan fingerprint density at radius 2 is 2.10 bits per heavy atom. The maximum atomic E-state index is 12.4. The normalized spacial score (nSPS) is 24.9. The van der Waals surface area contributed by atoms with Gasteiger partial charge in [-0.3, -0.25) is 9.80 Å². The number of ether oxygens (including phenoxy) is 1. The third-order valence-electron chi connectivity index (χ3n) is 3.78. The fourth-order valence-corrected chi connectivity index (χ4v) is 2.68. The van der Waals surface area contributed by atoms with E-state index in [-0.39, 0.29) is 17.7 Å². The van der Waals surface area contributed by atoms with Crippen LogP contribution in [-0.4, -0.2) is 16.8 Å². The van der Waals surface area contributed by atoms with Gasteiger partial charge in [0, 0.05) is 0 Å². The second-order valence-electron chi connectivity index (χ2n) is 5.16. The quantitative estimate of drug-likeness (QED) is 0.915. The Kier molecular flexibility index (Phi) is 3.56. The zero-order valence-electron chi connectivity index (χ0n) is 11.5. The van der Waals surface area contributed by atoms with Gasteiger partial charge >= 0.3 is 0 Å². The predicted octanol–water partition coefficient (Wildman–Crippen LogP) is 2.36.